The highest BCUT2D eigenvalue weighted by Gasteiger charge is 2.17. The van der Waals surface area contributed by atoms with Gasteiger partial charge in [0.25, 0.3) is 0 Å². The predicted octanol–water partition coefficient (Wildman–Crippen LogP) is 13.9. The molecule has 9 aromatic carbocycles. The van der Waals surface area contributed by atoms with Crippen molar-refractivity contribution in [2.75, 3.05) is 11.9 Å². The summed E-state index contributed by atoms with van der Waals surface area (Å²) in [5.41, 5.74) is 13.3. The first-order valence-corrected chi connectivity index (χ1v) is 17.7. The molecule has 0 fully saturated rings. The van der Waals surface area contributed by atoms with Crippen LogP contribution in [-0.4, -0.2) is 7.05 Å². The number of benzene rings is 9. The van der Waals surface area contributed by atoms with E-state index in [2.05, 4.69) is 207 Å². The number of hydrogen-bond acceptors (Lipinski definition) is 1. The molecule has 242 valence electrons. The molecule has 0 spiro atoms. The lowest BCUT2D eigenvalue weighted by atomic mass is 9.88. The zero-order valence-corrected chi connectivity index (χ0v) is 28.8. The fourth-order valence-corrected chi connectivity index (χ4v) is 7.66. The third kappa shape index (κ3) is 5.54. The van der Waals surface area contributed by atoms with Crippen LogP contribution >= 0.6 is 0 Å². The van der Waals surface area contributed by atoms with Crippen molar-refractivity contribution in [1.82, 2.24) is 0 Å². The first-order valence-electron chi connectivity index (χ1n) is 17.7. The van der Waals surface area contributed by atoms with Gasteiger partial charge < -0.3 is 4.90 Å². The summed E-state index contributed by atoms with van der Waals surface area (Å²) in [5, 5.41) is 7.71. The van der Waals surface area contributed by atoms with Crippen LogP contribution in [0.5, 0.6) is 0 Å². The molecule has 9 rings (SSSR count). The van der Waals surface area contributed by atoms with E-state index in [-0.39, 0.29) is 0 Å². The lowest BCUT2D eigenvalue weighted by Crippen LogP contribution is -2.11. The molecule has 0 bridgehead atoms. The van der Waals surface area contributed by atoms with Crippen LogP contribution in [0.2, 0.25) is 0 Å². The Balaban J connectivity index is 1.21. The van der Waals surface area contributed by atoms with E-state index < -0.39 is 0 Å². The van der Waals surface area contributed by atoms with E-state index in [0.717, 1.165) is 11.4 Å². The molecule has 0 N–H and O–H groups in total. The first-order chi connectivity index (χ1) is 25.1. The minimum atomic E-state index is 1.14. The van der Waals surface area contributed by atoms with Crippen molar-refractivity contribution in [2.45, 2.75) is 6.92 Å². The van der Waals surface area contributed by atoms with Crippen molar-refractivity contribution >= 4 is 43.7 Å². The summed E-state index contributed by atoms with van der Waals surface area (Å²) >= 11 is 0. The molecule has 1 nitrogen and oxygen atoms in total. The monoisotopic (exact) mass is 651 g/mol. The number of fused-ring (bicyclic) bond motifs is 6. The quantitative estimate of drug-likeness (QED) is 0.162. The molecule has 0 aliphatic rings. The number of hydrogen-bond donors (Lipinski definition) is 0. The van der Waals surface area contributed by atoms with Crippen LogP contribution in [0.3, 0.4) is 0 Å². The zero-order chi connectivity index (χ0) is 34.3. The largest absolute Gasteiger partial charge is 0.344 e. The second-order valence-corrected chi connectivity index (χ2v) is 13.5. The Morgan fingerprint density at radius 1 is 0.333 bits per heavy atom. The maximum Gasteiger partial charge on any atom is 0.0494 e. The summed E-state index contributed by atoms with van der Waals surface area (Å²) in [6, 6.07) is 68.7. The Hall–Kier alpha value is -6.44. The average molecular weight is 652 g/mol. The summed E-state index contributed by atoms with van der Waals surface area (Å²) in [7, 11) is 2.18. The first kappa shape index (κ1) is 30.6. The molecule has 9 aromatic rings. The van der Waals surface area contributed by atoms with Gasteiger partial charge in [-0.15, -0.1) is 0 Å². The summed E-state index contributed by atoms with van der Waals surface area (Å²) in [5.74, 6) is 0. The van der Waals surface area contributed by atoms with Crippen LogP contribution in [-0.2, 0) is 0 Å². The van der Waals surface area contributed by atoms with Crippen LogP contribution in [0.25, 0.3) is 76.8 Å². The van der Waals surface area contributed by atoms with Gasteiger partial charge in [0.1, 0.15) is 0 Å². The molecule has 0 saturated carbocycles. The Labute approximate surface area is 299 Å². The molecule has 0 amide bonds. The number of rotatable bonds is 6. The Morgan fingerprint density at radius 2 is 0.843 bits per heavy atom. The highest BCUT2D eigenvalue weighted by Crippen LogP contribution is 2.43. The van der Waals surface area contributed by atoms with E-state index in [1.54, 1.807) is 0 Å². The summed E-state index contributed by atoms with van der Waals surface area (Å²) < 4.78 is 0. The Kier molecular flexibility index (Phi) is 7.67. The van der Waals surface area contributed by atoms with E-state index in [0.29, 0.717) is 0 Å². The van der Waals surface area contributed by atoms with Gasteiger partial charge >= 0.3 is 0 Å². The normalized spacial score (nSPS) is 11.3. The van der Waals surface area contributed by atoms with Crippen molar-refractivity contribution in [3.8, 4) is 44.5 Å². The maximum absolute atomic E-state index is 2.40. The fraction of sp³-hybridized carbons (Fsp3) is 0.0400. The molecule has 0 aromatic heterocycles. The van der Waals surface area contributed by atoms with Gasteiger partial charge in [-0.25, -0.2) is 0 Å². The van der Waals surface area contributed by atoms with Gasteiger partial charge in [0.05, 0.1) is 0 Å². The number of aryl methyl sites for hydroxylation is 1. The minimum Gasteiger partial charge on any atom is -0.344 e. The lowest BCUT2D eigenvalue weighted by molar-refractivity contribution is 1.21. The highest BCUT2D eigenvalue weighted by molar-refractivity contribution is 6.28. The summed E-state index contributed by atoms with van der Waals surface area (Å²) in [4.78, 5) is 2.32. The second-order valence-electron chi connectivity index (χ2n) is 13.5. The van der Waals surface area contributed by atoms with E-state index in [4.69, 9.17) is 0 Å². The van der Waals surface area contributed by atoms with Crippen molar-refractivity contribution in [3.05, 3.63) is 194 Å². The van der Waals surface area contributed by atoms with Crippen LogP contribution in [0, 0.1) is 6.92 Å². The summed E-state index contributed by atoms with van der Waals surface area (Å²) in [6.07, 6.45) is 0. The van der Waals surface area contributed by atoms with E-state index in [9.17, 15) is 0 Å². The zero-order valence-electron chi connectivity index (χ0n) is 28.8. The number of nitrogens with zero attached hydrogens (tertiary/aromatic N) is 1. The molecular formula is C50H37N. The smallest absolute Gasteiger partial charge is 0.0494 e. The van der Waals surface area contributed by atoms with Crippen LogP contribution in [0.15, 0.2) is 188 Å². The molecule has 51 heavy (non-hydrogen) atoms. The van der Waals surface area contributed by atoms with Gasteiger partial charge in [-0.05, 0) is 102 Å². The van der Waals surface area contributed by atoms with Gasteiger partial charge in [0.2, 0.25) is 0 Å². The summed E-state index contributed by atoms with van der Waals surface area (Å²) in [6.45, 7) is 2.15. The molecule has 0 aliphatic carbocycles. The van der Waals surface area contributed by atoms with Gasteiger partial charge in [-0.1, -0.05) is 169 Å². The Morgan fingerprint density at radius 3 is 1.57 bits per heavy atom. The van der Waals surface area contributed by atoms with Crippen molar-refractivity contribution in [2.24, 2.45) is 0 Å². The van der Waals surface area contributed by atoms with Crippen molar-refractivity contribution < 1.29 is 0 Å². The van der Waals surface area contributed by atoms with Gasteiger partial charge in [-0.2, -0.15) is 0 Å². The lowest BCUT2D eigenvalue weighted by Gasteiger charge is -2.24. The van der Waals surface area contributed by atoms with Crippen molar-refractivity contribution in [3.63, 3.8) is 0 Å². The van der Waals surface area contributed by atoms with E-state index >= 15 is 0 Å². The molecule has 0 aliphatic heterocycles. The van der Waals surface area contributed by atoms with Crippen LogP contribution < -0.4 is 4.90 Å². The number of anilines is 2. The molecule has 0 saturated heterocycles. The maximum atomic E-state index is 2.40. The third-order valence-corrected chi connectivity index (χ3v) is 10.4. The molecule has 0 heterocycles. The van der Waals surface area contributed by atoms with Gasteiger partial charge in [0, 0.05) is 24.0 Å². The van der Waals surface area contributed by atoms with Crippen molar-refractivity contribution in [1.29, 1.82) is 0 Å². The van der Waals surface area contributed by atoms with Gasteiger partial charge in [0.15, 0.2) is 0 Å². The molecule has 0 atom stereocenters. The van der Waals surface area contributed by atoms with Crippen LogP contribution in [0.1, 0.15) is 5.56 Å². The molecule has 1 heteroatoms. The van der Waals surface area contributed by atoms with E-state index in [1.165, 1.54) is 82.4 Å². The van der Waals surface area contributed by atoms with Gasteiger partial charge in [-0.3, -0.25) is 0 Å². The highest BCUT2D eigenvalue weighted by atomic mass is 15.1. The molecular weight excluding hydrogens is 615 g/mol. The average Bonchev–Trinajstić information content (AvgIpc) is 3.21. The Bertz CT molecular complexity index is 2670. The topological polar surface area (TPSA) is 3.24 Å². The third-order valence-electron chi connectivity index (χ3n) is 10.4. The minimum absolute atomic E-state index is 1.14. The predicted molar refractivity (Wildman–Crippen MR) is 220 cm³/mol. The van der Waals surface area contributed by atoms with E-state index in [1.807, 2.05) is 0 Å². The molecule has 0 radical (unpaired) electrons. The fourth-order valence-electron chi connectivity index (χ4n) is 7.66. The SMILES string of the molecule is Cc1ccc(-c2cccc3c4ccccc4c4cc(-c5ccc(-c6ccccc6)c(N(C)c6ccc(-c7ccccc7)cc6)c5)ccc4c23)cc1. The molecule has 0 unspecified atom stereocenters. The second kappa shape index (κ2) is 12.8. The standard InChI is InChI=1S/C50H37N/c1-34-20-22-38(23-21-34)43-18-11-19-46-44-16-9-10-17-45(44)48-32-39(27-31-47(48)50(43)46)40-26-30-42(37-14-7-4-8-15-37)49(33-40)51(2)41-28-24-36(25-29-41)35-12-5-3-6-13-35/h3-33H,1-2H3. The van der Waals surface area contributed by atoms with Crippen LogP contribution in [0.4, 0.5) is 11.4 Å².